The first-order chi connectivity index (χ1) is 21.4. The first kappa shape index (κ1) is 33.2. The highest BCUT2D eigenvalue weighted by Crippen LogP contribution is 2.20. The number of aliphatic hydroxyl groups excluding tert-OH is 1. The van der Waals surface area contributed by atoms with Crippen LogP contribution in [-0.2, 0) is 16.4 Å². The van der Waals surface area contributed by atoms with E-state index in [1.807, 2.05) is 67.6 Å². The van der Waals surface area contributed by atoms with Crippen molar-refractivity contribution in [3.05, 3.63) is 113 Å². The molecule has 3 aromatic carbocycles. The zero-order chi connectivity index (χ0) is 32.6. The van der Waals surface area contributed by atoms with Crippen molar-refractivity contribution in [2.75, 3.05) is 29.0 Å². The highest BCUT2D eigenvalue weighted by Gasteiger charge is 2.26. The molecule has 0 aliphatic heterocycles. The zero-order valence-electron chi connectivity index (χ0n) is 25.7. The van der Waals surface area contributed by atoms with E-state index in [-0.39, 0.29) is 35.2 Å². The molecule has 3 atom stereocenters. The second-order valence-corrected chi connectivity index (χ2v) is 12.9. The largest absolute Gasteiger partial charge is 0.389 e. The SMILES string of the molecule is CCS(=O)(=O)Nc1cc(C(=O)N[C@@H](Cc2ccccc2)[C@H](O)CN(C)c2cc(C)on2)cc(C(=O)N[C@H](C)c2ccccc2)c1. The van der Waals surface area contributed by atoms with Gasteiger partial charge in [0, 0.05) is 30.8 Å². The van der Waals surface area contributed by atoms with Crippen LogP contribution in [0.4, 0.5) is 11.5 Å². The molecule has 0 radical (unpaired) electrons. The Labute approximate surface area is 263 Å². The molecule has 0 saturated carbocycles. The van der Waals surface area contributed by atoms with Gasteiger partial charge in [-0.25, -0.2) is 8.42 Å². The molecular weight excluding hydrogens is 594 g/mol. The fraction of sp³-hybridized carbons (Fsp3) is 0.303. The summed E-state index contributed by atoms with van der Waals surface area (Å²) in [5.74, 6) is -0.106. The maximum absolute atomic E-state index is 13.7. The number of rotatable bonds is 14. The van der Waals surface area contributed by atoms with Crippen molar-refractivity contribution in [3.8, 4) is 0 Å². The van der Waals surface area contributed by atoms with Crippen molar-refractivity contribution in [1.29, 1.82) is 0 Å². The number of amides is 2. The fourth-order valence-electron chi connectivity index (χ4n) is 4.74. The Bertz CT molecular complexity index is 1700. The van der Waals surface area contributed by atoms with Gasteiger partial charge in [0.25, 0.3) is 11.8 Å². The van der Waals surface area contributed by atoms with Crippen LogP contribution in [0.3, 0.4) is 0 Å². The van der Waals surface area contributed by atoms with Gasteiger partial charge in [0.15, 0.2) is 5.82 Å². The number of aryl methyl sites for hydroxylation is 1. The molecule has 238 valence electrons. The second-order valence-electron chi connectivity index (χ2n) is 10.9. The highest BCUT2D eigenvalue weighted by molar-refractivity contribution is 7.92. The normalized spacial score (nSPS) is 13.4. The zero-order valence-corrected chi connectivity index (χ0v) is 26.5. The Kier molecular flexibility index (Phi) is 11.0. The Morgan fingerprint density at radius 2 is 1.53 bits per heavy atom. The first-order valence-electron chi connectivity index (χ1n) is 14.6. The minimum Gasteiger partial charge on any atom is -0.389 e. The van der Waals surface area contributed by atoms with E-state index in [4.69, 9.17) is 4.52 Å². The molecule has 0 spiro atoms. The van der Waals surface area contributed by atoms with Gasteiger partial charge in [-0.3, -0.25) is 14.3 Å². The van der Waals surface area contributed by atoms with Gasteiger partial charge in [0.05, 0.1) is 29.6 Å². The molecule has 0 fully saturated rings. The van der Waals surface area contributed by atoms with E-state index >= 15 is 0 Å². The lowest BCUT2D eigenvalue weighted by atomic mass is 9.99. The summed E-state index contributed by atoms with van der Waals surface area (Å²) in [5, 5.41) is 21.1. The summed E-state index contributed by atoms with van der Waals surface area (Å²) < 4.78 is 32.4. The van der Waals surface area contributed by atoms with Gasteiger partial charge < -0.3 is 25.2 Å². The van der Waals surface area contributed by atoms with Gasteiger partial charge in [0.2, 0.25) is 10.0 Å². The Morgan fingerprint density at radius 1 is 0.933 bits per heavy atom. The van der Waals surface area contributed by atoms with E-state index in [9.17, 15) is 23.1 Å². The third kappa shape index (κ3) is 9.40. The average molecular weight is 634 g/mol. The number of sulfonamides is 1. The lowest BCUT2D eigenvalue weighted by Crippen LogP contribution is -2.49. The summed E-state index contributed by atoms with van der Waals surface area (Å²) >= 11 is 0. The third-order valence-electron chi connectivity index (χ3n) is 7.30. The number of likely N-dealkylation sites (N-methyl/N-ethyl adjacent to an activating group) is 1. The molecule has 0 aliphatic rings. The van der Waals surface area contributed by atoms with Gasteiger partial charge >= 0.3 is 0 Å². The maximum Gasteiger partial charge on any atom is 0.251 e. The van der Waals surface area contributed by atoms with Gasteiger partial charge in [-0.15, -0.1) is 0 Å². The van der Waals surface area contributed by atoms with E-state index in [0.29, 0.717) is 18.0 Å². The van der Waals surface area contributed by atoms with Crippen LogP contribution in [0.1, 0.15) is 57.5 Å². The topological polar surface area (TPSA) is 154 Å². The highest BCUT2D eigenvalue weighted by atomic mass is 32.2. The van der Waals surface area contributed by atoms with Crippen molar-refractivity contribution in [1.82, 2.24) is 15.8 Å². The summed E-state index contributed by atoms with van der Waals surface area (Å²) in [5.41, 5.74) is 2.00. The van der Waals surface area contributed by atoms with Crippen LogP contribution in [0.15, 0.2) is 89.5 Å². The van der Waals surface area contributed by atoms with Crippen LogP contribution in [0.25, 0.3) is 0 Å². The smallest absolute Gasteiger partial charge is 0.251 e. The molecule has 0 unspecified atom stereocenters. The van der Waals surface area contributed by atoms with Crippen LogP contribution in [0.2, 0.25) is 0 Å². The standard InChI is InChI=1S/C33H39N5O6S/c1-5-45(42,43)37-28-19-26(32(40)34-23(3)25-14-10-7-11-15-25)18-27(20-28)33(41)35-29(17-24-12-8-6-9-13-24)30(39)21-38(4)31-16-22(2)44-36-31/h6-16,18-20,23,29-30,37,39H,5,17,21H2,1-4H3,(H,34,40)(H,35,41)/t23-,29+,30-/m1/s1. The van der Waals surface area contributed by atoms with E-state index in [1.165, 1.54) is 25.1 Å². The van der Waals surface area contributed by atoms with Crippen LogP contribution in [-0.4, -0.2) is 62.0 Å². The lowest BCUT2D eigenvalue weighted by Gasteiger charge is -2.28. The molecule has 1 aromatic heterocycles. The fourth-order valence-corrected chi connectivity index (χ4v) is 5.36. The molecule has 45 heavy (non-hydrogen) atoms. The molecule has 0 aliphatic carbocycles. The summed E-state index contributed by atoms with van der Waals surface area (Å²) in [6.07, 6.45) is -0.726. The molecular formula is C33H39N5O6S. The number of anilines is 2. The van der Waals surface area contributed by atoms with Crippen LogP contribution >= 0.6 is 0 Å². The molecule has 0 saturated heterocycles. The Morgan fingerprint density at radius 3 is 2.11 bits per heavy atom. The number of nitrogens with zero attached hydrogens (tertiary/aromatic N) is 2. The van der Waals surface area contributed by atoms with Gasteiger partial charge in [-0.05, 0) is 56.5 Å². The summed E-state index contributed by atoms with van der Waals surface area (Å²) in [7, 11) is -1.95. The number of benzene rings is 3. The Hall–Kier alpha value is -4.68. The minimum absolute atomic E-state index is 0.0505. The van der Waals surface area contributed by atoms with Gasteiger partial charge in [-0.2, -0.15) is 0 Å². The summed E-state index contributed by atoms with van der Waals surface area (Å²) in [6.45, 7) is 5.22. The van der Waals surface area contributed by atoms with Gasteiger partial charge in [-0.1, -0.05) is 65.8 Å². The third-order valence-corrected chi connectivity index (χ3v) is 8.61. The summed E-state index contributed by atoms with van der Waals surface area (Å²) in [4.78, 5) is 28.8. The minimum atomic E-state index is -3.71. The molecule has 2 amide bonds. The molecule has 4 rings (SSSR count). The number of carbonyl (C=O) groups is 2. The predicted octanol–water partition coefficient (Wildman–Crippen LogP) is 4.07. The second kappa shape index (κ2) is 14.9. The van der Waals surface area contributed by atoms with Crippen LogP contribution < -0.4 is 20.3 Å². The molecule has 0 bridgehead atoms. The van der Waals surface area contributed by atoms with Crippen molar-refractivity contribution in [2.24, 2.45) is 0 Å². The molecule has 12 heteroatoms. The Balaban J connectivity index is 1.61. The molecule has 1 heterocycles. The number of nitrogens with one attached hydrogen (secondary N) is 3. The molecule has 11 nitrogen and oxygen atoms in total. The number of aliphatic hydroxyl groups is 1. The van der Waals surface area contributed by atoms with E-state index in [1.54, 1.807) is 24.9 Å². The number of aromatic nitrogens is 1. The van der Waals surface area contributed by atoms with E-state index in [0.717, 1.165) is 11.1 Å². The van der Waals surface area contributed by atoms with Crippen LogP contribution in [0.5, 0.6) is 0 Å². The quantitative estimate of drug-likeness (QED) is 0.162. The van der Waals surface area contributed by atoms with E-state index in [2.05, 4.69) is 20.5 Å². The van der Waals surface area contributed by atoms with Crippen molar-refractivity contribution >= 4 is 33.3 Å². The molecule has 4 aromatic rings. The lowest BCUT2D eigenvalue weighted by molar-refractivity contribution is 0.0843. The van der Waals surface area contributed by atoms with E-state index < -0.39 is 34.0 Å². The maximum atomic E-state index is 13.7. The predicted molar refractivity (Wildman–Crippen MR) is 174 cm³/mol. The van der Waals surface area contributed by atoms with Crippen LogP contribution in [0, 0.1) is 6.92 Å². The van der Waals surface area contributed by atoms with Crippen molar-refractivity contribution in [3.63, 3.8) is 0 Å². The molecule has 4 N–H and O–H groups in total. The van der Waals surface area contributed by atoms with Crippen molar-refractivity contribution < 1.29 is 27.6 Å². The average Bonchev–Trinajstić information content (AvgIpc) is 3.47. The number of carbonyl (C=O) groups excluding carboxylic acids is 2. The van der Waals surface area contributed by atoms with Crippen molar-refractivity contribution in [2.45, 2.75) is 45.4 Å². The number of hydrogen-bond donors (Lipinski definition) is 4. The first-order valence-corrected chi connectivity index (χ1v) is 16.3. The summed E-state index contributed by atoms with van der Waals surface area (Å²) in [6, 6.07) is 23.6. The van der Waals surface area contributed by atoms with Gasteiger partial charge in [0.1, 0.15) is 5.76 Å². The monoisotopic (exact) mass is 633 g/mol. The number of hydrogen-bond acceptors (Lipinski definition) is 8.